The molecule has 114 valence electrons. The average Bonchev–Trinajstić information content (AvgIpc) is 2.93. The predicted molar refractivity (Wildman–Crippen MR) is 74.8 cm³/mol. The molecule has 0 amide bonds. The summed E-state index contributed by atoms with van der Waals surface area (Å²) in [6, 6.07) is 6.92. The smallest absolute Gasteiger partial charge is 0.240 e. The highest BCUT2D eigenvalue weighted by Crippen LogP contribution is 2.19. The minimum absolute atomic E-state index is 0.0170. The molecule has 0 saturated heterocycles. The predicted octanol–water partition coefficient (Wildman–Crippen LogP) is 2.39. The normalized spacial score (nSPS) is 13.3. The fourth-order valence-corrected chi connectivity index (χ4v) is 3.21. The Morgan fingerprint density at radius 3 is 2.71 bits per heavy atom. The average molecular weight is 313 g/mol. The van der Waals surface area contributed by atoms with Gasteiger partial charge in [0.2, 0.25) is 10.0 Å². The van der Waals surface area contributed by atoms with E-state index in [1.54, 1.807) is 12.1 Å². The van der Waals surface area contributed by atoms with Gasteiger partial charge in [-0.25, -0.2) is 17.5 Å². The first kappa shape index (κ1) is 15.7. The van der Waals surface area contributed by atoms with Crippen LogP contribution in [0.25, 0.3) is 0 Å². The Labute approximate surface area is 122 Å². The SMILES string of the molecule is COC(CNS(=O)(=O)c1ccc(F)cc1C)c1ccco1. The van der Waals surface area contributed by atoms with Gasteiger partial charge in [0, 0.05) is 13.7 Å². The van der Waals surface area contributed by atoms with Crippen LogP contribution in [0.5, 0.6) is 0 Å². The molecular weight excluding hydrogens is 297 g/mol. The minimum Gasteiger partial charge on any atom is -0.467 e. The molecule has 1 N–H and O–H groups in total. The van der Waals surface area contributed by atoms with Crippen molar-refractivity contribution in [2.45, 2.75) is 17.9 Å². The van der Waals surface area contributed by atoms with Crippen LogP contribution >= 0.6 is 0 Å². The number of halogens is 1. The minimum atomic E-state index is -3.74. The Bertz CT molecular complexity index is 698. The quantitative estimate of drug-likeness (QED) is 0.889. The van der Waals surface area contributed by atoms with Gasteiger partial charge in [-0.05, 0) is 42.8 Å². The van der Waals surface area contributed by atoms with Crippen LogP contribution in [0.2, 0.25) is 0 Å². The van der Waals surface area contributed by atoms with Crippen molar-refractivity contribution in [3.05, 3.63) is 53.7 Å². The molecule has 1 aromatic heterocycles. The van der Waals surface area contributed by atoms with Crippen molar-refractivity contribution >= 4 is 10.0 Å². The van der Waals surface area contributed by atoms with E-state index in [1.165, 1.54) is 32.4 Å². The summed E-state index contributed by atoms with van der Waals surface area (Å²) >= 11 is 0. The first-order valence-electron chi connectivity index (χ1n) is 6.26. The van der Waals surface area contributed by atoms with Gasteiger partial charge in [0.25, 0.3) is 0 Å². The number of methoxy groups -OCH3 is 1. The van der Waals surface area contributed by atoms with Crippen LogP contribution in [0.1, 0.15) is 17.4 Å². The first-order valence-corrected chi connectivity index (χ1v) is 7.74. The standard InChI is InChI=1S/C14H16FNO4S/c1-10-8-11(15)5-6-14(10)21(17,18)16-9-13(19-2)12-4-3-7-20-12/h3-8,13,16H,9H2,1-2H3. The molecule has 7 heteroatoms. The lowest BCUT2D eigenvalue weighted by Crippen LogP contribution is -2.29. The van der Waals surface area contributed by atoms with E-state index in [2.05, 4.69) is 4.72 Å². The molecule has 1 unspecified atom stereocenters. The molecule has 0 aliphatic heterocycles. The zero-order valence-electron chi connectivity index (χ0n) is 11.7. The number of sulfonamides is 1. The lowest BCUT2D eigenvalue weighted by Gasteiger charge is -2.15. The van der Waals surface area contributed by atoms with E-state index in [4.69, 9.17) is 9.15 Å². The number of benzene rings is 1. The summed E-state index contributed by atoms with van der Waals surface area (Å²) in [5.74, 6) is 0.0489. The molecule has 2 rings (SSSR count). The second kappa shape index (κ2) is 6.38. The van der Waals surface area contributed by atoms with Crippen LogP contribution in [0, 0.1) is 12.7 Å². The van der Waals surface area contributed by atoms with Crippen molar-refractivity contribution in [1.82, 2.24) is 4.72 Å². The second-order valence-corrected chi connectivity index (χ2v) is 6.24. The first-order chi connectivity index (χ1) is 9.94. The van der Waals surface area contributed by atoms with Gasteiger partial charge < -0.3 is 9.15 Å². The van der Waals surface area contributed by atoms with Gasteiger partial charge in [0.15, 0.2) is 0 Å². The van der Waals surface area contributed by atoms with Gasteiger partial charge in [-0.2, -0.15) is 0 Å². The lowest BCUT2D eigenvalue weighted by molar-refractivity contribution is 0.0878. The summed E-state index contributed by atoms with van der Waals surface area (Å²) in [5, 5.41) is 0. The largest absolute Gasteiger partial charge is 0.467 e. The van der Waals surface area contributed by atoms with Crippen LogP contribution < -0.4 is 4.72 Å². The van der Waals surface area contributed by atoms with E-state index in [9.17, 15) is 12.8 Å². The fraction of sp³-hybridized carbons (Fsp3) is 0.286. The molecule has 1 aromatic carbocycles. The molecule has 0 spiro atoms. The third-order valence-corrected chi connectivity index (χ3v) is 4.61. The molecular formula is C14H16FNO4S. The highest BCUT2D eigenvalue weighted by molar-refractivity contribution is 7.89. The number of rotatable bonds is 6. The van der Waals surface area contributed by atoms with Crippen LogP contribution in [0.15, 0.2) is 45.9 Å². The third-order valence-electron chi connectivity index (χ3n) is 3.03. The number of nitrogens with one attached hydrogen (secondary N) is 1. The van der Waals surface area contributed by atoms with Crippen molar-refractivity contribution in [2.24, 2.45) is 0 Å². The highest BCUT2D eigenvalue weighted by atomic mass is 32.2. The molecule has 0 saturated carbocycles. The van der Waals surface area contributed by atoms with Crippen LogP contribution in [-0.2, 0) is 14.8 Å². The summed E-state index contributed by atoms with van der Waals surface area (Å²) in [6.45, 7) is 1.56. The monoisotopic (exact) mass is 313 g/mol. The lowest BCUT2D eigenvalue weighted by atomic mass is 10.2. The van der Waals surface area contributed by atoms with E-state index < -0.39 is 21.9 Å². The molecule has 1 atom stereocenters. The molecule has 1 heterocycles. The Morgan fingerprint density at radius 1 is 1.38 bits per heavy atom. The van der Waals surface area contributed by atoms with Crippen molar-refractivity contribution in [3.8, 4) is 0 Å². The third kappa shape index (κ3) is 3.69. The molecule has 5 nitrogen and oxygen atoms in total. The molecule has 0 radical (unpaired) electrons. The van der Waals surface area contributed by atoms with Crippen molar-refractivity contribution in [3.63, 3.8) is 0 Å². The van der Waals surface area contributed by atoms with Gasteiger partial charge in [-0.1, -0.05) is 0 Å². The summed E-state index contributed by atoms with van der Waals surface area (Å²) in [6.07, 6.45) is 0.954. The van der Waals surface area contributed by atoms with Gasteiger partial charge in [-0.15, -0.1) is 0 Å². The Kier molecular flexibility index (Phi) is 4.76. The number of aryl methyl sites for hydroxylation is 1. The highest BCUT2D eigenvalue weighted by Gasteiger charge is 2.21. The van der Waals surface area contributed by atoms with Crippen LogP contribution in [0.4, 0.5) is 4.39 Å². The van der Waals surface area contributed by atoms with Gasteiger partial charge >= 0.3 is 0 Å². The second-order valence-electron chi connectivity index (χ2n) is 4.50. The molecule has 0 aliphatic carbocycles. The molecule has 0 aliphatic rings. The number of furan rings is 1. The van der Waals surface area contributed by atoms with E-state index >= 15 is 0 Å². The summed E-state index contributed by atoms with van der Waals surface area (Å²) in [5.41, 5.74) is 0.342. The number of hydrogen-bond acceptors (Lipinski definition) is 4. The zero-order valence-corrected chi connectivity index (χ0v) is 12.5. The van der Waals surface area contributed by atoms with Crippen LogP contribution in [0.3, 0.4) is 0 Å². The molecule has 21 heavy (non-hydrogen) atoms. The summed E-state index contributed by atoms with van der Waals surface area (Å²) in [7, 11) is -2.28. The Morgan fingerprint density at radius 2 is 2.14 bits per heavy atom. The Hall–Kier alpha value is -1.70. The number of hydrogen-bond donors (Lipinski definition) is 1. The fourth-order valence-electron chi connectivity index (χ4n) is 1.95. The summed E-state index contributed by atoms with van der Waals surface area (Å²) in [4.78, 5) is 0.0400. The maximum atomic E-state index is 13.0. The van der Waals surface area contributed by atoms with E-state index in [-0.39, 0.29) is 11.4 Å². The van der Waals surface area contributed by atoms with Gasteiger partial charge in [0.1, 0.15) is 17.7 Å². The van der Waals surface area contributed by atoms with Gasteiger partial charge in [0.05, 0.1) is 11.2 Å². The van der Waals surface area contributed by atoms with Crippen molar-refractivity contribution < 1.29 is 22.0 Å². The zero-order chi connectivity index (χ0) is 15.5. The molecule has 2 aromatic rings. The topological polar surface area (TPSA) is 68.5 Å². The summed E-state index contributed by atoms with van der Waals surface area (Å²) < 4.78 is 50.3. The van der Waals surface area contributed by atoms with Crippen molar-refractivity contribution in [2.75, 3.05) is 13.7 Å². The van der Waals surface area contributed by atoms with Crippen molar-refractivity contribution in [1.29, 1.82) is 0 Å². The van der Waals surface area contributed by atoms with Gasteiger partial charge in [-0.3, -0.25) is 0 Å². The Balaban J connectivity index is 2.14. The van der Waals surface area contributed by atoms with E-state index in [1.807, 2.05) is 0 Å². The number of ether oxygens (including phenoxy) is 1. The maximum Gasteiger partial charge on any atom is 0.240 e. The van der Waals surface area contributed by atoms with E-state index in [0.29, 0.717) is 11.3 Å². The van der Waals surface area contributed by atoms with E-state index in [0.717, 1.165) is 6.07 Å². The molecule has 0 fully saturated rings. The molecule has 0 bridgehead atoms. The maximum absolute atomic E-state index is 13.0. The van der Waals surface area contributed by atoms with Crippen LogP contribution in [-0.4, -0.2) is 22.1 Å².